The number of hydrogen-bond acceptors (Lipinski definition) is 5. The monoisotopic (exact) mass is 454 g/mol. The maximum Gasteiger partial charge on any atom is 0.270 e. The summed E-state index contributed by atoms with van der Waals surface area (Å²) in [5, 5.41) is 2.59. The lowest BCUT2D eigenvalue weighted by Gasteiger charge is -2.37. The summed E-state index contributed by atoms with van der Waals surface area (Å²) in [5.41, 5.74) is 4.26. The Hall–Kier alpha value is -2.90. The van der Waals surface area contributed by atoms with E-state index in [1.807, 2.05) is 29.6 Å². The molecule has 3 heterocycles. The van der Waals surface area contributed by atoms with Crippen molar-refractivity contribution in [2.45, 2.75) is 6.92 Å². The summed E-state index contributed by atoms with van der Waals surface area (Å²) in [5.74, 6) is 0.241. The Bertz CT molecular complexity index is 1330. The summed E-state index contributed by atoms with van der Waals surface area (Å²) in [6, 6.07) is 12.3. The van der Waals surface area contributed by atoms with Crippen molar-refractivity contribution in [1.82, 2.24) is 9.97 Å². The van der Waals surface area contributed by atoms with Gasteiger partial charge in [-0.15, -0.1) is 11.3 Å². The molecule has 0 atom stereocenters. The van der Waals surface area contributed by atoms with Gasteiger partial charge < -0.3 is 9.80 Å². The lowest BCUT2D eigenvalue weighted by Crippen LogP contribution is -2.47. The maximum atomic E-state index is 13.7. The third-order valence-electron chi connectivity index (χ3n) is 5.64. The lowest BCUT2D eigenvalue weighted by molar-refractivity contribution is 0.628. The standard InChI is InChI=1S/C23H20ClFN4OS/c1-14-5-6-16(24)12-19(14)28-7-9-29(10-8-28)23-26-20-18(13-31-21(20)22(30)27-23)15-3-2-4-17(25)11-15/h2-6,11-13H,7-10H2,1H3,(H,26,27,30). The lowest BCUT2D eigenvalue weighted by atomic mass is 10.1. The fourth-order valence-corrected chi connectivity index (χ4v) is 5.08. The average molecular weight is 455 g/mol. The predicted octanol–water partition coefficient (Wildman–Crippen LogP) is 5.08. The molecule has 158 valence electrons. The highest BCUT2D eigenvalue weighted by molar-refractivity contribution is 7.17. The average Bonchev–Trinajstić information content (AvgIpc) is 3.20. The second-order valence-electron chi connectivity index (χ2n) is 7.63. The molecule has 0 saturated carbocycles. The van der Waals surface area contributed by atoms with E-state index in [1.54, 1.807) is 6.07 Å². The summed E-state index contributed by atoms with van der Waals surface area (Å²) in [6.07, 6.45) is 0. The molecule has 1 fully saturated rings. The molecule has 1 aliphatic heterocycles. The number of fused-ring (bicyclic) bond motifs is 1. The Morgan fingerprint density at radius 1 is 1.10 bits per heavy atom. The molecule has 1 N–H and O–H groups in total. The van der Waals surface area contributed by atoms with E-state index >= 15 is 0 Å². The molecule has 1 saturated heterocycles. The van der Waals surface area contributed by atoms with E-state index in [0.29, 0.717) is 16.2 Å². The van der Waals surface area contributed by atoms with Gasteiger partial charge in [-0.2, -0.15) is 0 Å². The second kappa shape index (κ2) is 7.98. The van der Waals surface area contributed by atoms with Crippen molar-refractivity contribution in [3.8, 4) is 11.1 Å². The number of hydrogen-bond donors (Lipinski definition) is 1. The molecule has 0 radical (unpaired) electrons. The minimum Gasteiger partial charge on any atom is -0.368 e. The molecule has 5 nitrogen and oxygen atoms in total. The van der Waals surface area contributed by atoms with E-state index in [9.17, 15) is 9.18 Å². The topological polar surface area (TPSA) is 52.2 Å². The van der Waals surface area contributed by atoms with Crippen LogP contribution in [-0.2, 0) is 0 Å². The van der Waals surface area contributed by atoms with Gasteiger partial charge in [0.2, 0.25) is 5.95 Å². The number of benzene rings is 2. The van der Waals surface area contributed by atoms with Crippen LogP contribution >= 0.6 is 22.9 Å². The third-order valence-corrected chi connectivity index (χ3v) is 6.84. The third kappa shape index (κ3) is 3.79. The van der Waals surface area contributed by atoms with Crippen LogP contribution < -0.4 is 15.4 Å². The highest BCUT2D eigenvalue weighted by atomic mass is 35.5. The fourth-order valence-electron chi connectivity index (χ4n) is 4.01. The van der Waals surface area contributed by atoms with Crippen molar-refractivity contribution in [2.24, 2.45) is 0 Å². The van der Waals surface area contributed by atoms with Crippen molar-refractivity contribution < 1.29 is 4.39 Å². The number of aromatic amines is 1. The van der Waals surface area contributed by atoms with Gasteiger partial charge in [-0.05, 0) is 42.3 Å². The summed E-state index contributed by atoms with van der Waals surface area (Å²) in [4.78, 5) is 24.8. The first-order valence-electron chi connectivity index (χ1n) is 10.0. The van der Waals surface area contributed by atoms with Gasteiger partial charge in [0.05, 0.1) is 5.52 Å². The molecule has 0 spiro atoms. The Kier molecular flexibility index (Phi) is 5.16. The van der Waals surface area contributed by atoms with Crippen LogP contribution in [0.15, 0.2) is 52.6 Å². The Labute approximate surface area is 187 Å². The number of nitrogens with one attached hydrogen (secondary N) is 1. The van der Waals surface area contributed by atoms with Gasteiger partial charge in [-0.1, -0.05) is 29.8 Å². The number of rotatable bonds is 3. The first kappa shape index (κ1) is 20.0. The fraction of sp³-hybridized carbons (Fsp3) is 0.217. The molecule has 0 unspecified atom stereocenters. The minimum atomic E-state index is -0.311. The van der Waals surface area contributed by atoms with Gasteiger partial charge >= 0.3 is 0 Å². The van der Waals surface area contributed by atoms with Crippen LogP contribution in [0.4, 0.5) is 16.0 Å². The molecule has 31 heavy (non-hydrogen) atoms. The Morgan fingerprint density at radius 3 is 2.65 bits per heavy atom. The van der Waals surface area contributed by atoms with Gasteiger partial charge in [0, 0.05) is 47.8 Å². The normalized spacial score (nSPS) is 14.4. The van der Waals surface area contributed by atoms with Gasteiger partial charge in [0.25, 0.3) is 5.56 Å². The van der Waals surface area contributed by atoms with Gasteiger partial charge in [-0.3, -0.25) is 9.78 Å². The molecule has 4 aromatic rings. The number of aryl methyl sites for hydroxylation is 1. The van der Waals surface area contributed by atoms with Crippen LogP contribution in [0.1, 0.15) is 5.56 Å². The summed E-state index contributed by atoms with van der Waals surface area (Å²) >= 11 is 7.52. The first-order valence-corrected chi connectivity index (χ1v) is 11.3. The van der Waals surface area contributed by atoms with E-state index in [-0.39, 0.29) is 11.4 Å². The summed E-state index contributed by atoms with van der Waals surface area (Å²) < 4.78 is 14.3. The summed E-state index contributed by atoms with van der Waals surface area (Å²) in [6.45, 7) is 5.11. The number of halogens is 2. The van der Waals surface area contributed by atoms with Crippen LogP contribution in [0.2, 0.25) is 5.02 Å². The zero-order valence-electron chi connectivity index (χ0n) is 16.9. The summed E-state index contributed by atoms with van der Waals surface area (Å²) in [7, 11) is 0. The zero-order valence-corrected chi connectivity index (χ0v) is 18.4. The van der Waals surface area contributed by atoms with E-state index in [2.05, 4.69) is 21.7 Å². The maximum absolute atomic E-state index is 13.7. The molecular formula is C23H20ClFN4OS. The van der Waals surface area contributed by atoms with Crippen LogP contribution in [0.3, 0.4) is 0 Å². The van der Waals surface area contributed by atoms with Gasteiger partial charge in [0.15, 0.2) is 0 Å². The highest BCUT2D eigenvalue weighted by Crippen LogP contribution is 2.32. The van der Waals surface area contributed by atoms with E-state index in [0.717, 1.165) is 48.0 Å². The van der Waals surface area contributed by atoms with E-state index in [1.165, 1.54) is 29.0 Å². The molecule has 5 rings (SSSR count). The van der Waals surface area contributed by atoms with Crippen molar-refractivity contribution >= 4 is 44.8 Å². The molecular weight excluding hydrogens is 435 g/mol. The van der Waals surface area contributed by atoms with E-state index in [4.69, 9.17) is 16.6 Å². The van der Waals surface area contributed by atoms with Crippen molar-refractivity contribution in [2.75, 3.05) is 36.0 Å². The zero-order chi connectivity index (χ0) is 21.5. The quantitative estimate of drug-likeness (QED) is 0.469. The smallest absolute Gasteiger partial charge is 0.270 e. The van der Waals surface area contributed by atoms with Crippen molar-refractivity contribution in [3.05, 3.63) is 74.6 Å². The number of nitrogens with zero attached hydrogens (tertiary/aromatic N) is 3. The molecule has 1 aliphatic rings. The predicted molar refractivity (Wildman–Crippen MR) is 126 cm³/mol. The number of piperazine rings is 1. The SMILES string of the molecule is Cc1ccc(Cl)cc1N1CCN(c2nc3c(-c4cccc(F)c4)csc3c(=O)[nH]2)CC1. The van der Waals surface area contributed by atoms with Crippen molar-refractivity contribution in [1.29, 1.82) is 0 Å². The molecule has 0 aliphatic carbocycles. The molecule has 2 aromatic heterocycles. The van der Waals surface area contributed by atoms with Crippen LogP contribution in [0.25, 0.3) is 21.3 Å². The minimum absolute atomic E-state index is 0.166. The molecule has 0 bridgehead atoms. The highest BCUT2D eigenvalue weighted by Gasteiger charge is 2.22. The largest absolute Gasteiger partial charge is 0.368 e. The van der Waals surface area contributed by atoms with Crippen LogP contribution in [-0.4, -0.2) is 36.1 Å². The van der Waals surface area contributed by atoms with Gasteiger partial charge in [-0.25, -0.2) is 9.37 Å². The van der Waals surface area contributed by atoms with Crippen LogP contribution in [0.5, 0.6) is 0 Å². The number of anilines is 2. The number of aromatic nitrogens is 2. The van der Waals surface area contributed by atoms with E-state index < -0.39 is 0 Å². The molecule has 2 aromatic carbocycles. The second-order valence-corrected chi connectivity index (χ2v) is 8.95. The first-order chi connectivity index (χ1) is 15.0. The Morgan fingerprint density at radius 2 is 1.87 bits per heavy atom. The van der Waals surface area contributed by atoms with Gasteiger partial charge in [0.1, 0.15) is 10.5 Å². The Balaban J connectivity index is 1.44. The number of thiophene rings is 1. The van der Waals surface area contributed by atoms with Crippen molar-refractivity contribution in [3.63, 3.8) is 0 Å². The molecule has 8 heteroatoms. The van der Waals surface area contributed by atoms with Crippen LogP contribution in [0, 0.1) is 12.7 Å². The molecule has 0 amide bonds. The number of H-pyrrole nitrogens is 1.